The molecule has 0 N–H and O–H groups in total. The summed E-state index contributed by atoms with van der Waals surface area (Å²) in [4.78, 5) is 37.8. The van der Waals surface area contributed by atoms with E-state index in [2.05, 4.69) is 112 Å². The van der Waals surface area contributed by atoms with Crippen LogP contribution in [0.5, 0.6) is 0 Å². The molecule has 0 bridgehead atoms. The van der Waals surface area contributed by atoms with Crippen molar-refractivity contribution in [1.82, 2.24) is 0 Å². The molecule has 0 aliphatic heterocycles. The molecule has 0 saturated heterocycles. The van der Waals surface area contributed by atoms with Crippen LogP contribution < -0.4 is 0 Å². The largest absolute Gasteiger partial charge is 0.462 e. The lowest BCUT2D eigenvalue weighted by atomic mass is 10.1. The fourth-order valence-corrected chi connectivity index (χ4v) is 5.77. The van der Waals surface area contributed by atoms with E-state index in [0.717, 1.165) is 64.2 Å². The van der Waals surface area contributed by atoms with Crippen LogP contribution >= 0.6 is 0 Å². The van der Waals surface area contributed by atoms with Crippen LogP contribution in [-0.2, 0) is 28.6 Å². The summed E-state index contributed by atoms with van der Waals surface area (Å²) in [5.74, 6) is -1.19. The van der Waals surface area contributed by atoms with Gasteiger partial charge in [0.1, 0.15) is 13.2 Å². The number of carbonyl (C=O) groups excluding carboxylic acids is 3. The molecule has 1 atom stereocenters. The molecule has 0 radical (unpaired) electrons. The first-order valence-corrected chi connectivity index (χ1v) is 24.6. The van der Waals surface area contributed by atoms with Crippen molar-refractivity contribution in [3.63, 3.8) is 0 Å². The van der Waals surface area contributed by atoms with Gasteiger partial charge in [0.25, 0.3) is 0 Å². The fourth-order valence-electron chi connectivity index (χ4n) is 5.77. The highest BCUT2D eigenvalue weighted by molar-refractivity contribution is 5.71. The van der Waals surface area contributed by atoms with Gasteiger partial charge in [0.15, 0.2) is 6.10 Å². The summed E-state index contributed by atoms with van der Waals surface area (Å²) in [6.07, 6.45) is 74.0. The molecule has 1 unspecified atom stereocenters. The molecule has 6 nitrogen and oxygen atoms in total. The zero-order valence-corrected chi connectivity index (χ0v) is 40.2. The van der Waals surface area contributed by atoms with Crippen LogP contribution in [0.4, 0.5) is 0 Å². The molecule has 6 heteroatoms. The smallest absolute Gasteiger partial charge is 0.306 e. The molecule has 354 valence electrons. The van der Waals surface area contributed by atoms with Crippen molar-refractivity contribution >= 4 is 17.9 Å². The van der Waals surface area contributed by atoms with Crippen molar-refractivity contribution < 1.29 is 28.6 Å². The minimum atomic E-state index is -0.874. The van der Waals surface area contributed by atoms with Crippen LogP contribution in [0, 0.1) is 0 Å². The van der Waals surface area contributed by atoms with Crippen molar-refractivity contribution in [1.29, 1.82) is 0 Å². The number of esters is 3. The molecule has 0 amide bonds. The summed E-state index contributed by atoms with van der Waals surface area (Å²) >= 11 is 0. The second-order valence-electron chi connectivity index (χ2n) is 15.4. The summed E-state index contributed by atoms with van der Waals surface area (Å²) in [5, 5.41) is 0. The maximum Gasteiger partial charge on any atom is 0.306 e. The third-order valence-corrected chi connectivity index (χ3v) is 9.39. The number of ether oxygens (including phenoxy) is 3. The Bertz CT molecular complexity index is 1520. The second kappa shape index (κ2) is 50.7. The first kappa shape index (κ1) is 59.0. The highest BCUT2D eigenvalue weighted by atomic mass is 16.6. The highest BCUT2D eigenvalue weighted by Gasteiger charge is 2.19. The minimum absolute atomic E-state index is 0.164. The number of hydrogen-bond donors (Lipinski definition) is 0. The van der Waals surface area contributed by atoms with Crippen molar-refractivity contribution in [3.05, 3.63) is 158 Å². The Kier molecular flexibility index (Phi) is 46.7. The number of rotatable bonds is 41. The van der Waals surface area contributed by atoms with Gasteiger partial charge in [-0.25, -0.2) is 0 Å². The molecule has 0 spiro atoms. The molecular weight excluding hydrogens is 793 g/mol. The van der Waals surface area contributed by atoms with Gasteiger partial charge < -0.3 is 14.2 Å². The average molecular weight is 879 g/mol. The Morgan fingerprint density at radius 2 is 0.719 bits per heavy atom. The Labute approximate surface area is 390 Å². The van der Waals surface area contributed by atoms with E-state index in [0.29, 0.717) is 19.3 Å². The van der Waals surface area contributed by atoms with E-state index in [4.69, 9.17) is 14.2 Å². The van der Waals surface area contributed by atoms with Crippen LogP contribution in [0.15, 0.2) is 158 Å². The van der Waals surface area contributed by atoms with Gasteiger partial charge in [-0.2, -0.15) is 0 Å². The molecule has 0 heterocycles. The lowest BCUT2D eigenvalue weighted by Crippen LogP contribution is -2.30. The molecule has 0 rings (SSSR count). The Morgan fingerprint density at radius 3 is 1.20 bits per heavy atom. The maximum absolute atomic E-state index is 12.7. The Morgan fingerprint density at radius 1 is 0.344 bits per heavy atom. The highest BCUT2D eigenvalue weighted by Crippen LogP contribution is 2.09. The minimum Gasteiger partial charge on any atom is -0.462 e. The Balaban J connectivity index is 4.71. The lowest BCUT2D eigenvalue weighted by molar-refractivity contribution is -0.166. The van der Waals surface area contributed by atoms with Gasteiger partial charge in [-0.05, 0) is 96.3 Å². The van der Waals surface area contributed by atoms with Crippen molar-refractivity contribution in [2.75, 3.05) is 13.2 Å². The van der Waals surface area contributed by atoms with E-state index in [1.807, 2.05) is 66.8 Å². The zero-order chi connectivity index (χ0) is 46.5. The van der Waals surface area contributed by atoms with Crippen molar-refractivity contribution in [2.24, 2.45) is 0 Å². The molecule has 0 fully saturated rings. The molecule has 0 aliphatic rings. The van der Waals surface area contributed by atoms with Gasteiger partial charge in [-0.3, -0.25) is 14.4 Å². The monoisotopic (exact) mass is 879 g/mol. The average Bonchev–Trinajstić information content (AvgIpc) is 3.29. The molecule has 64 heavy (non-hydrogen) atoms. The van der Waals surface area contributed by atoms with Gasteiger partial charge in [-0.15, -0.1) is 0 Å². The Hall–Kier alpha value is -4.97. The van der Waals surface area contributed by atoms with Crippen LogP contribution in [-0.4, -0.2) is 37.2 Å². The van der Waals surface area contributed by atoms with Gasteiger partial charge in [-0.1, -0.05) is 211 Å². The summed E-state index contributed by atoms with van der Waals surface area (Å²) in [7, 11) is 0. The van der Waals surface area contributed by atoms with Crippen LogP contribution in [0.25, 0.3) is 0 Å². The van der Waals surface area contributed by atoms with E-state index in [9.17, 15) is 14.4 Å². The molecule has 0 aliphatic carbocycles. The summed E-state index contributed by atoms with van der Waals surface area (Å²) in [6.45, 7) is 6.16. The summed E-state index contributed by atoms with van der Waals surface area (Å²) < 4.78 is 16.6. The number of carbonyl (C=O) groups is 3. The SMILES string of the molecule is CC/C=C/C=C/C=C/C=C/C=C/CCCC(=O)OCC(COC(=O)CCC/C=C/C/C=C/C/C=C/CCCCCCCC)OC(=O)CC/C=C/C/C=C/C/C=C/C/C=C/C/C=C/CC. The molecular formula is C58H86O6. The molecule has 0 saturated carbocycles. The van der Waals surface area contributed by atoms with Crippen LogP contribution in [0.3, 0.4) is 0 Å². The third kappa shape index (κ3) is 48.1. The zero-order valence-electron chi connectivity index (χ0n) is 40.2. The van der Waals surface area contributed by atoms with E-state index >= 15 is 0 Å². The van der Waals surface area contributed by atoms with Gasteiger partial charge in [0.2, 0.25) is 0 Å². The molecule has 0 aromatic carbocycles. The van der Waals surface area contributed by atoms with E-state index < -0.39 is 12.1 Å². The van der Waals surface area contributed by atoms with E-state index in [1.54, 1.807) is 0 Å². The number of hydrogen-bond acceptors (Lipinski definition) is 6. The summed E-state index contributed by atoms with van der Waals surface area (Å²) in [5.41, 5.74) is 0. The van der Waals surface area contributed by atoms with Gasteiger partial charge in [0.05, 0.1) is 0 Å². The standard InChI is InChI=1S/C58H86O6/c1-4-7-10-13-16-19-22-25-27-29-31-33-36-39-42-45-48-51-57(60)63-54-55(53-62-56(59)50-47-44-41-38-35-32-24-21-18-15-12-9-6-3)64-58(61)52-49-46-43-40-37-34-30-28-26-23-20-17-14-11-8-5-2/h8-9,11-12,15,17-18,20-21,24-28,31-35,37-39,41-43,46,55H,4-7,10,13-14,16,19,22-23,29-30,36,40,44-45,47-54H2,1-3H3/b11-8+,12-9+,18-15+,20-17+,24-21+,27-25+,28-26+,33-31+,35-32+,37-34+,41-38+,42-39+,46-43+. The first-order chi connectivity index (χ1) is 31.5. The fraction of sp³-hybridized carbons (Fsp3) is 0.500. The van der Waals surface area contributed by atoms with Crippen LogP contribution in [0.2, 0.25) is 0 Å². The molecule has 0 aromatic heterocycles. The second-order valence-corrected chi connectivity index (χ2v) is 15.4. The topological polar surface area (TPSA) is 78.9 Å². The lowest BCUT2D eigenvalue weighted by Gasteiger charge is -2.18. The number of unbranched alkanes of at least 4 members (excludes halogenated alkanes) is 8. The van der Waals surface area contributed by atoms with Crippen molar-refractivity contribution in [3.8, 4) is 0 Å². The van der Waals surface area contributed by atoms with E-state index in [1.165, 1.54) is 44.9 Å². The number of allylic oxidation sites excluding steroid dienone is 26. The van der Waals surface area contributed by atoms with Crippen LogP contribution in [0.1, 0.15) is 168 Å². The molecule has 0 aromatic rings. The van der Waals surface area contributed by atoms with Gasteiger partial charge in [0, 0.05) is 19.3 Å². The summed E-state index contributed by atoms with van der Waals surface area (Å²) in [6, 6.07) is 0. The van der Waals surface area contributed by atoms with E-state index in [-0.39, 0.29) is 44.4 Å². The quantitative estimate of drug-likeness (QED) is 0.0200. The predicted molar refractivity (Wildman–Crippen MR) is 274 cm³/mol. The maximum atomic E-state index is 12.7. The van der Waals surface area contributed by atoms with Gasteiger partial charge >= 0.3 is 17.9 Å². The normalized spacial score (nSPS) is 13.5. The predicted octanol–water partition coefficient (Wildman–Crippen LogP) is 16.2. The third-order valence-electron chi connectivity index (χ3n) is 9.39. The van der Waals surface area contributed by atoms with Crippen molar-refractivity contribution in [2.45, 2.75) is 175 Å². The first-order valence-electron chi connectivity index (χ1n) is 24.6.